The Bertz CT molecular complexity index is 506. The first-order chi connectivity index (χ1) is 7.27. The Labute approximate surface area is 84.8 Å². The van der Waals surface area contributed by atoms with Crippen LogP contribution in [0.3, 0.4) is 0 Å². The van der Waals surface area contributed by atoms with Crippen LogP contribution >= 0.6 is 0 Å². The SMILES string of the molecule is COc1ncnc2c(OC=O)c(C)oc12. The number of aryl methyl sites for hydroxylation is 1. The van der Waals surface area contributed by atoms with Gasteiger partial charge in [-0.25, -0.2) is 4.98 Å². The molecule has 6 heteroatoms. The number of nitrogens with zero attached hydrogens (tertiary/aromatic N) is 2. The fourth-order valence-electron chi connectivity index (χ4n) is 1.31. The van der Waals surface area contributed by atoms with Crippen LogP contribution in [0.2, 0.25) is 0 Å². The number of carbonyl (C=O) groups excluding carboxylic acids is 1. The first kappa shape index (κ1) is 9.45. The summed E-state index contributed by atoms with van der Waals surface area (Å²) in [5, 5.41) is 0. The van der Waals surface area contributed by atoms with Crippen molar-refractivity contribution < 1.29 is 18.7 Å². The van der Waals surface area contributed by atoms with Gasteiger partial charge in [-0.3, -0.25) is 4.79 Å². The zero-order valence-electron chi connectivity index (χ0n) is 8.18. The van der Waals surface area contributed by atoms with Crippen LogP contribution in [0.4, 0.5) is 0 Å². The highest BCUT2D eigenvalue weighted by atomic mass is 16.5. The number of rotatable bonds is 3. The molecule has 0 aliphatic rings. The number of aromatic nitrogens is 2. The zero-order valence-corrected chi connectivity index (χ0v) is 8.18. The highest BCUT2D eigenvalue weighted by Crippen LogP contribution is 2.34. The Morgan fingerprint density at radius 3 is 2.93 bits per heavy atom. The predicted molar refractivity (Wildman–Crippen MR) is 49.8 cm³/mol. The van der Waals surface area contributed by atoms with E-state index in [4.69, 9.17) is 13.9 Å². The molecule has 0 bridgehead atoms. The van der Waals surface area contributed by atoms with Gasteiger partial charge in [-0.05, 0) is 6.92 Å². The van der Waals surface area contributed by atoms with Crippen molar-refractivity contribution in [1.29, 1.82) is 0 Å². The van der Waals surface area contributed by atoms with Crippen molar-refractivity contribution in [2.75, 3.05) is 7.11 Å². The van der Waals surface area contributed by atoms with Crippen molar-refractivity contribution in [3.05, 3.63) is 12.1 Å². The Morgan fingerprint density at radius 1 is 1.47 bits per heavy atom. The topological polar surface area (TPSA) is 74.5 Å². The summed E-state index contributed by atoms with van der Waals surface area (Å²) in [6, 6.07) is 0. The molecule has 0 N–H and O–H groups in total. The quantitative estimate of drug-likeness (QED) is 0.702. The molecule has 0 spiro atoms. The first-order valence-corrected chi connectivity index (χ1v) is 4.16. The molecule has 0 fully saturated rings. The third kappa shape index (κ3) is 1.39. The molecule has 0 saturated heterocycles. The van der Waals surface area contributed by atoms with Crippen molar-refractivity contribution in [3.8, 4) is 11.6 Å². The van der Waals surface area contributed by atoms with Gasteiger partial charge in [0.2, 0.25) is 5.58 Å². The number of carbonyl (C=O) groups is 1. The van der Waals surface area contributed by atoms with Crippen molar-refractivity contribution in [3.63, 3.8) is 0 Å². The van der Waals surface area contributed by atoms with Gasteiger partial charge in [0.25, 0.3) is 12.4 Å². The summed E-state index contributed by atoms with van der Waals surface area (Å²) in [4.78, 5) is 18.1. The molecule has 0 aliphatic heterocycles. The van der Waals surface area contributed by atoms with Gasteiger partial charge < -0.3 is 13.9 Å². The maximum Gasteiger partial charge on any atom is 0.298 e. The first-order valence-electron chi connectivity index (χ1n) is 4.16. The summed E-state index contributed by atoms with van der Waals surface area (Å²) in [6.45, 7) is 1.99. The number of hydrogen-bond donors (Lipinski definition) is 0. The summed E-state index contributed by atoms with van der Waals surface area (Å²) < 4.78 is 15.1. The second kappa shape index (κ2) is 3.56. The van der Waals surface area contributed by atoms with Crippen LogP contribution in [-0.4, -0.2) is 23.5 Å². The van der Waals surface area contributed by atoms with Gasteiger partial charge in [0.15, 0.2) is 11.3 Å². The standard InChI is InChI=1S/C9H8N2O4/c1-5-7(14-4-12)6-8(15-5)9(13-2)11-3-10-6/h3-4H,1-2H3. The molecular weight excluding hydrogens is 200 g/mol. The normalized spacial score (nSPS) is 10.3. The predicted octanol–water partition coefficient (Wildman–Crippen LogP) is 1.08. The minimum atomic E-state index is 0.292. The van der Waals surface area contributed by atoms with Gasteiger partial charge in [-0.1, -0.05) is 0 Å². The second-order valence-corrected chi connectivity index (χ2v) is 2.76. The summed E-state index contributed by atoms with van der Waals surface area (Å²) in [5.74, 6) is 1.06. The van der Waals surface area contributed by atoms with Gasteiger partial charge in [0.05, 0.1) is 7.11 Å². The van der Waals surface area contributed by atoms with Gasteiger partial charge in [-0.2, -0.15) is 4.98 Å². The van der Waals surface area contributed by atoms with Gasteiger partial charge in [0, 0.05) is 0 Å². The monoisotopic (exact) mass is 208 g/mol. The van der Waals surface area contributed by atoms with Gasteiger partial charge in [0.1, 0.15) is 12.1 Å². The minimum absolute atomic E-state index is 0.292. The van der Waals surface area contributed by atoms with E-state index in [0.717, 1.165) is 0 Å². The number of fused-ring (bicyclic) bond motifs is 1. The van der Waals surface area contributed by atoms with E-state index < -0.39 is 0 Å². The number of methoxy groups -OCH3 is 1. The average Bonchev–Trinajstić information content (AvgIpc) is 2.56. The molecule has 0 aromatic carbocycles. The van der Waals surface area contributed by atoms with Crippen LogP contribution in [0.15, 0.2) is 10.7 Å². The van der Waals surface area contributed by atoms with Gasteiger partial charge >= 0.3 is 0 Å². The fraction of sp³-hybridized carbons (Fsp3) is 0.222. The number of ether oxygens (including phenoxy) is 2. The van der Waals surface area contributed by atoms with E-state index in [0.29, 0.717) is 35.0 Å². The number of hydrogen-bond acceptors (Lipinski definition) is 6. The fourth-order valence-corrected chi connectivity index (χ4v) is 1.31. The molecule has 2 aromatic rings. The molecule has 0 unspecified atom stereocenters. The Hall–Kier alpha value is -2.11. The lowest BCUT2D eigenvalue weighted by molar-refractivity contribution is -0.120. The molecule has 0 radical (unpaired) electrons. The van der Waals surface area contributed by atoms with E-state index in [2.05, 4.69) is 9.97 Å². The Kier molecular flexibility index (Phi) is 2.24. The van der Waals surface area contributed by atoms with Crippen molar-refractivity contribution in [2.45, 2.75) is 6.92 Å². The Balaban J connectivity index is 2.72. The number of furan rings is 1. The van der Waals surface area contributed by atoms with Crippen molar-refractivity contribution in [2.24, 2.45) is 0 Å². The lowest BCUT2D eigenvalue weighted by Crippen LogP contribution is -1.91. The van der Waals surface area contributed by atoms with E-state index in [1.807, 2.05) is 0 Å². The molecule has 2 rings (SSSR count). The largest absolute Gasteiger partial charge is 0.478 e. The molecule has 78 valence electrons. The lowest BCUT2D eigenvalue weighted by atomic mass is 10.4. The van der Waals surface area contributed by atoms with E-state index in [-0.39, 0.29) is 0 Å². The zero-order chi connectivity index (χ0) is 10.8. The van der Waals surface area contributed by atoms with Crippen LogP contribution in [0, 0.1) is 6.92 Å². The van der Waals surface area contributed by atoms with Crippen LogP contribution < -0.4 is 9.47 Å². The maximum absolute atomic E-state index is 10.3. The molecule has 15 heavy (non-hydrogen) atoms. The van der Waals surface area contributed by atoms with E-state index in [9.17, 15) is 4.79 Å². The van der Waals surface area contributed by atoms with E-state index >= 15 is 0 Å². The summed E-state index contributed by atoms with van der Waals surface area (Å²) >= 11 is 0. The molecule has 2 aromatic heterocycles. The minimum Gasteiger partial charge on any atom is -0.478 e. The Morgan fingerprint density at radius 2 is 2.27 bits per heavy atom. The molecule has 2 heterocycles. The third-order valence-electron chi connectivity index (χ3n) is 1.92. The maximum atomic E-state index is 10.3. The van der Waals surface area contributed by atoms with Crippen LogP contribution in [0.25, 0.3) is 11.1 Å². The molecular formula is C9H8N2O4. The van der Waals surface area contributed by atoms with Gasteiger partial charge in [-0.15, -0.1) is 0 Å². The molecule has 0 saturated carbocycles. The highest BCUT2D eigenvalue weighted by molar-refractivity contribution is 5.85. The van der Waals surface area contributed by atoms with E-state index in [1.165, 1.54) is 13.4 Å². The third-order valence-corrected chi connectivity index (χ3v) is 1.92. The average molecular weight is 208 g/mol. The van der Waals surface area contributed by atoms with Crippen molar-refractivity contribution >= 4 is 17.6 Å². The van der Waals surface area contributed by atoms with Crippen LogP contribution in [-0.2, 0) is 4.79 Å². The molecule has 0 amide bonds. The summed E-state index contributed by atoms with van der Waals surface area (Å²) in [7, 11) is 1.47. The smallest absolute Gasteiger partial charge is 0.298 e. The van der Waals surface area contributed by atoms with Crippen LogP contribution in [0.1, 0.15) is 5.76 Å². The lowest BCUT2D eigenvalue weighted by Gasteiger charge is -1.96. The molecule has 0 aliphatic carbocycles. The van der Waals surface area contributed by atoms with E-state index in [1.54, 1.807) is 6.92 Å². The van der Waals surface area contributed by atoms with Crippen LogP contribution in [0.5, 0.6) is 11.6 Å². The molecule has 0 atom stereocenters. The summed E-state index contributed by atoms with van der Waals surface area (Å²) in [6.07, 6.45) is 1.31. The molecule has 6 nitrogen and oxygen atoms in total. The highest BCUT2D eigenvalue weighted by Gasteiger charge is 2.17. The summed E-state index contributed by atoms with van der Waals surface area (Å²) in [5.41, 5.74) is 0.792. The van der Waals surface area contributed by atoms with Crippen molar-refractivity contribution in [1.82, 2.24) is 9.97 Å². The second-order valence-electron chi connectivity index (χ2n) is 2.76.